The summed E-state index contributed by atoms with van der Waals surface area (Å²) in [6.45, 7) is 3.61. The number of fused-ring (bicyclic) bond motifs is 1. The van der Waals surface area contributed by atoms with Crippen LogP contribution in [0.3, 0.4) is 0 Å². The Kier molecular flexibility index (Phi) is 5.76. The van der Waals surface area contributed by atoms with E-state index in [0.29, 0.717) is 17.7 Å². The Morgan fingerprint density at radius 3 is 2.23 bits per heavy atom. The maximum absolute atomic E-state index is 13.4. The molecule has 2 atom stereocenters. The van der Waals surface area contributed by atoms with E-state index in [1.165, 1.54) is 0 Å². The maximum Gasteiger partial charge on any atom is 0.258 e. The zero-order valence-electron chi connectivity index (χ0n) is 18.0. The summed E-state index contributed by atoms with van der Waals surface area (Å²) >= 11 is 0. The fourth-order valence-electron chi connectivity index (χ4n) is 4.38. The minimum absolute atomic E-state index is 0.0417. The molecule has 4 rings (SSSR count). The highest BCUT2D eigenvalue weighted by atomic mass is 16.5. The van der Waals surface area contributed by atoms with Crippen LogP contribution in [0.2, 0.25) is 0 Å². The Morgan fingerprint density at radius 1 is 0.968 bits per heavy atom. The molecule has 0 aliphatic carbocycles. The first-order valence-electron chi connectivity index (χ1n) is 10.4. The van der Waals surface area contributed by atoms with Crippen molar-refractivity contribution >= 4 is 23.2 Å². The van der Waals surface area contributed by atoms with Crippen molar-refractivity contribution in [3.8, 4) is 5.75 Å². The van der Waals surface area contributed by atoms with Crippen LogP contribution < -0.4 is 14.5 Å². The molecule has 0 saturated heterocycles. The van der Waals surface area contributed by atoms with Gasteiger partial charge >= 0.3 is 0 Å². The largest absolute Gasteiger partial charge is 0.497 e. The van der Waals surface area contributed by atoms with E-state index in [4.69, 9.17) is 4.74 Å². The molecule has 158 valence electrons. The minimum Gasteiger partial charge on any atom is -0.497 e. The number of para-hydroxylation sites is 1. The molecule has 0 aromatic heterocycles. The number of carbonyl (C=O) groups excluding carboxylic acids is 2. The number of benzene rings is 3. The molecule has 1 heterocycles. The van der Waals surface area contributed by atoms with Gasteiger partial charge in [-0.2, -0.15) is 0 Å². The Balaban J connectivity index is 1.84. The van der Waals surface area contributed by atoms with E-state index < -0.39 is 0 Å². The number of anilines is 2. The Bertz CT molecular complexity index is 1080. The Hall–Kier alpha value is -3.60. The van der Waals surface area contributed by atoms with Gasteiger partial charge in [-0.25, -0.2) is 0 Å². The predicted molar refractivity (Wildman–Crippen MR) is 123 cm³/mol. The zero-order valence-corrected chi connectivity index (χ0v) is 18.0. The van der Waals surface area contributed by atoms with E-state index >= 15 is 0 Å². The molecule has 2 amide bonds. The predicted octanol–water partition coefficient (Wildman–Crippen LogP) is 5.23. The van der Waals surface area contributed by atoms with Gasteiger partial charge in [0.15, 0.2) is 0 Å². The molecule has 0 radical (unpaired) electrons. The third-order valence-corrected chi connectivity index (χ3v) is 5.78. The van der Waals surface area contributed by atoms with Crippen LogP contribution >= 0.6 is 0 Å². The topological polar surface area (TPSA) is 49.9 Å². The van der Waals surface area contributed by atoms with Crippen molar-refractivity contribution in [3.05, 3.63) is 90.0 Å². The highest BCUT2D eigenvalue weighted by molar-refractivity contribution is 6.07. The average molecular weight is 415 g/mol. The summed E-state index contributed by atoms with van der Waals surface area (Å²) in [6, 6.07) is 24.4. The molecule has 0 unspecified atom stereocenters. The van der Waals surface area contributed by atoms with Crippen LogP contribution in [0.1, 0.15) is 42.2 Å². The smallest absolute Gasteiger partial charge is 0.258 e. The first-order chi connectivity index (χ1) is 15.0. The van der Waals surface area contributed by atoms with E-state index in [1.54, 1.807) is 14.0 Å². The highest BCUT2D eigenvalue weighted by Gasteiger charge is 2.38. The monoisotopic (exact) mass is 414 g/mol. The lowest BCUT2D eigenvalue weighted by Crippen LogP contribution is -2.47. The van der Waals surface area contributed by atoms with E-state index in [2.05, 4.69) is 0 Å². The molecule has 1 aliphatic rings. The molecule has 0 fully saturated rings. The van der Waals surface area contributed by atoms with Gasteiger partial charge in [-0.05, 0) is 55.8 Å². The third-order valence-electron chi connectivity index (χ3n) is 5.78. The van der Waals surface area contributed by atoms with Crippen molar-refractivity contribution in [2.75, 3.05) is 16.9 Å². The molecule has 3 aromatic carbocycles. The molecule has 0 saturated carbocycles. The van der Waals surface area contributed by atoms with Gasteiger partial charge in [0.25, 0.3) is 5.91 Å². The standard InChI is InChI=1S/C26H26N2O3/c1-18-16-25(28(19(2)29)21-12-8-5-9-13-21)23-17-22(31-3)14-15-24(23)27(18)26(30)20-10-6-4-7-11-20/h4-15,17-18,25H,16H2,1-3H3/t18-,25+/m0/s1. The van der Waals surface area contributed by atoms with Gasteiger partial charge in [-0.15, -0.1) is 0 Å². The average Bonchev–Trinajstić information content (AvgIpc) is 2.79. The van der Waals surface area contributed by atoms with Gasteiger partial charge in [0.05, 0.1) is 13.2 Å². The molecule has 5 nitrogen and oxygen atoms in total. The van der Waals surface area contributed by atoms with Gasteiger partial charge in [-0.3, -0.25) is 9.59 Å². The SMILES string of the molecule is COc1ccc2c(c1)[C@H](N(C(C)=O)c1ccccc1)C[C@H](C)N2C(=O)c1ccccc1. The van der Waals surface area contributed by atoms with Gasteiger partial charge < -0.3 is 14.5 Å². The zero-order chi connectivity index (χ0) is 22.0. The minimum atomic E-state index is -0.208. The Morgan fingerprint density at radius 2 is 1.61 bits per heavy atom. The van der Waals surface area contributed by atoms with Crippen LogP contribution in [0.15, 0.2) is 78.9 Å². The molecule has 0 spiro atoms. The summed E-state index contributed by atoms with van der Waals surface area (Å²) in [5, 5.41) is 0. The second kappa shape index (κ2) is 8.64. The Labute approximate surface area is 182 Å². The number of hydrogen-bond acceptors (Lipinski definition) is 3. The quantitative estimate of drug-likeness (QED) is 0.587. The summed E-state index contributed by atoms with van der Waals surface area (Å²) < 4.78 is 5.47. The lowest BCUT2D eigenvalue weighted by molar-refractivity contribution is -0.117. The second-order valence-electron chi connectivity index (χ2n) is 7.79. The fourth-order valence-corrected chi connectivity index (χ4v) is 4.38. The molecular weight excluding hydrogens is 388 g/mol. The molecular formula is C26H26N2O3. The highest BCUT2D eigenvalue weighted by Crippen LogP contribution is 2.44. The van der Waals surface area contributed by atoms with Crippen molar-refractivity contribution in [2.24, 2.45) is 0 Å². The van der Waals surface area contributed by atoms with Crippen molar-refractivity contribution in [1.82, 2.24) is 0 Å². The van der Waals surface area contributed by atoms with Gasteiger partial charge in [-0.1, -0.05) is 36.4 Å². The van der Waals surface area contributed by atoms with Crippen molar-refractivity contribution in [2.45, 2.75) is 32.4 Å². The molecule has 1 aliphatic heterocycles. The molecule has 5 heteroatoms. The number of rotatable bonds is 4. The third kappa shape index (κ3) is 3.91. The molecule has 0 N–H and O–H groups in total. The first kappa shape index (κ1) is 20.7. The van der Waals surface area contributed by atoms with Crippen LogP contribution in [0.4, 0.5) is 11.4 Å². The summed E-state index contributed by atoms with van der Waals surface area (Å²) in [4.78, 5) is 29.8. The van der Waals surface area contributed by atoms with Gasteiger partial charge in [0.2, 0.25) is 5.91 Å². The molecule has 3 aromatic rings. The van der Waals surface area contributed by atoms with Crippen molar-refractivity contribution < 1.29 is 14.3 Å². The number of hydrogen-bond donors (Lipinski definition) is 0. The van der Waals surface area contributed by atoms with Crippen LogP contribution in [0.5, 0.6) is 5.75 Å². The van der Waals surface area contributed by atoms with Crippen LogP contribution in [-0.2, 0) is 4.79 Å². The number of amides is 2. The van der Waals surface area contributed by atoms with E-state index in [9.17, 15) is 9.59 Å². The lowest BCUT2D eigenvalue weighted by atomic mass is 9.89. The fraction of sp³-hybridized carbons (Fsp3) is 0.231. The van der Waals surface area contributed by atoms with Crippen LogP contribution in [0, 0.1) is 0 Å². The van der Waals surface area contributed by atoms with Gasteiger partial charge in [0, 0.05) is 35.5 Å². The second-order valence-corrected chi connectivity index (χ2v) is 7.79. The van der Waals surface area contributed by atoms with Crippen LogP contribution in [0.25, 0.3) is 0 Å². The summed E-state index contributed by atoms with van der Waals surface area (Å²) in [6.07, 6.45) is 0.618. The van der Waals surface area contributed by atoms with Crippen molar-refractivity contribution in [1.29, 1.82) is 0 Å². The molecule has 0 bridgehead atoms. The van der Waals surface area contributed by atoms with Gasteiger partial charge in [0.1, 0.15) is 5.75 Å². The number of nitrogens with zero attached hydrogens (tertiary/aromatic N) is 2. The summed E-state index contributed by atoms with van der Waals surface area (Å²) in [5.41, 5.74) is 3.19. The summed E-state index contributed by atoms with van der Waals surface area (Å²) in [7, 11) is 1.62. The lowest BCUT2D eigenvalue weighted by Gasteiger charge is -2.43. The van der Waals surface area contributed by atoms with Crippen LogP contribution in [-0.4, -0.2) is 25.0 Å². The van der Waals surface area contributed by atoms with E-state index in [-0.39, 0.29) is 23.9 Å². The normalized spacial score (nSPS) is 17.6. The number of methoxy groups -OCH3 is 1. The molecule has 31 heavy (non-hydrogen) atoms. The maximum atomic E-state index is 13.4. The van der Waals surface area contributed by atoms with E-state index in [0.717, 1.165) is 16.9 Å². The number of carbonyl (C=O) groups is 2. The first-order valence-corrected chi connectivity index (χ1v) is 10.4. The van der Waals surface area contributed by atoms with Crippen molar-refractivity contribution in [3.63, 3.8) is 0 Å². The summed E-state index contributed by atoms with van der Waals surface area (Å²) in [5.74, 6) is 0.606. The number of ether oxygens (including phenoxy) is 1. The van der Waals surface area contributed by atoms with E-state index in [1.807, 2.05) is 95.6 Å².